The number of nitrogens with one attached hydrogen (secondary N) is 1. The highest BCUT2D eigenvalue weighted by Gasteiger charge is 2.28. The van der Waals surface area contributed by atoms with Gasteiger partial charge in [-0.3, -0.25) is 0 Å². The van der Waals surface area contributed by atoms with Gasteiger partial charge < -0.3 is 15.2 Å². The van der Waals surface area contributed by atoms with Gasteiger partial charge in [0.05, 0.1) is 6.61 Å². The maximum Gasteiger partial charge on any atom is 0.124 e. The summed E-state index contributed by atoms with van der Waals surface area (Å²) in [5.41, 5.74) is 1.28. The van der Waals surface area contributed by atoms with Gasteiger partial charge in [-0.05, 0) is 37.3 Å². The van der Waals surface area contributed by atoms with Crippen molar-refractivity contribution in [3.63, 3.8) is 0 Å². The van der Waals surface area contributed by atoms with Crippen LogP contribution in [-0.2, 0) is 0 Å². The molecule has 0 saturated heterocycles. The summed E-state index contributed by atoms with van der Waals surface area (Å²) in [5, 5.41) is 13.1. The summed E-state index contributed by atoms with van der Waals surface area (Å²) in [7, 11) is 0. The molecule has 0 amide bonds. The molecule has 1 fully saturated rings. The molecule has 1 heterocycles. The van der Waals surface area contributed by atoms with E-state index in [0.717, 1.165) is 25.3 Å². The van der Waals surface area contributed by atoms with Gasteiger partial charge >= 0.3 is 0 Å². The Labute approximate surface area is 115 Å². The topological polar surface area (TPSA) is 41.5 Å². The molecule has 1 aromatic carbocycles. The van der Waals surface area contributed by atoms with Crippen LogP contribution >= 0.6 is 0 Å². The van der Waals surface area contributed by atoms with E-state index >= 15 is 0 Å². The molecule has 0 bridgehead atoms. The number of ether oxygens (including phenoxy) is 1. The molecular weight excluding hydrogens is 238 g/mol. The first-order valence-corrected chi connectivity index (χ1v) is 7.44. The lowest BCUT2D eigenvalue weighted by Gasteiger charge is -2.28. The van der Waals surface area contributed by atoms with Crippen LogP contribution < -0.4 is 10.1 Å². The molecule has 2 aliphatic rings. The van der Waals surface area contributed by atoms with Crippen LogP contribution in [0.15, 0.2) is 24.3 Å². The van der Waals surface area contributed by atoms with Crippen molar-refractivity contribution in [1.29, 1.82) is 0 Å². The van der Waals surface area contributed by atoms with Crippen LogP contribution in [0.3, 0.4) is 0 Å². The first kappa shape index (κ1) is 12.9. The van der Waals surface area contributed by atoms with E-state index in [1.54, 1.807) is 0 Å². The quantitative estimate of drug-likeness (QED) is 0.875. The fraction of sp³-hybridized carbons (Fsp3) is 0.625. The van der Waals surface area contributed by atoms with E-state index < -0.39 is 0 Å². The van der Waals surface area contributed by atoms with Crippen molar-refractivity contribution < 1.29 is 9.84 Å². The van der Waals surface area contributed by atoms with Crippen LogP contribution in [0.4, 0.5) is 0 Å². The zero-order valence-electron chi connectivity index (χ0n) is 11.3. The molecular formula is C16H23NO2. The average Bonchev–Trinajstić information content (AvgIpc) is 2.92. The highest BCUT2D eigenvalue weighted by molar-refractivity contribution is 5.37. The molecule has 0 spiro atoms. The standard InChI is InChI=1S/C16H23NO2/c18-11-13-5-3-4-12(13)10-17-15-8-9-19-16-7-2-1-6-14(15)16/h1-2,6-7,12-13,15,17-18H,3-5,8-11H2. The number of hydrogen-bond donors (Lipinski definition) is 2. The molecule has 3 nitrogen and oxygen atoms in total. The van der Waals surface area contributed by atoms with E-state index in [1.165, 1.54) is 24.8 Å². The van der Waals surface area contributed by atoms with E-state index in [0.29, 0.717) is 24.5 Å². The minimum Gasteiger partial charge on any atom is -0.493 e. The minimum atomic E-state index is 0.344. The molecule has 3 rings (SSSR count). The second kappa shape index (κ2) is 5.93. The first-order chi connectivity index (χ1) is 9.38. The van der Waals surface area contributed by atoms with Gasteiger partial charge in [0.25, 0.3) is 0 Å². The molecule has 1 saturated carbocycles. The van der Waals surface area contributed by atoms with Gasteiger partial charge in [0.15, 0.2) is 0 Å². The molecule has 1 aliphatic carbocycles. The zero-order chi connectivity index (χ0) is 13.1. The number of hydrogen-bond acceptors (Lipinski definition) is 3. The molecule has 1 aromatic rings. The lowest BCUT2D eigenvalue weighted by molar-refractivity contribution is 0.185. The van der Waals surface area contributed by atoms with Crippen molar-refractivity contribution in [2.24, 2.45) is 11.8 Å². The Balaban J connectivity index is 1.62. The number of para-hydroxylation sites is 1. The highest BCUT2D eigenvalue weighted by atomic mass is 16.5. The van der Waals surface area contributed by atoms with E-state index in [-0.39, 0.29) is 0 Å². The molecule has 1 aliphatic heterocycles. The lowest BCUT2D eigenvalue weighted by atomic mass is 9.95. The van der Waals surface area contributed by atoms with Gasteiger partial charge in [0, 0.05) is 24.6 Å². The van der Waals surface area contributed by atoms with Gasteiger partial charge in [-0.15, -0.1) is 0 Å². The number of rotatable bonds is 4. The Morgan fingerprint density at radius 2 is 2.00 bits per heavy atom. The Morgan fingerprint density at radius 3 is 2.89 bits per heavy atom. The minimum absolute atomic E-state index is 0.344. The molecule has 19 heavy (non-hydrogen) atoms. The maximum absolute atomic E-state index is 9.38. The third-order valence-corrected chi connectivity index (χ3v) is 4.64. The maximum atomic E-state index is 9.38. The van der Waals surface area contributed by atoms with Crippen molar-refractivity contribution in [2.75, 3.05) is 19.8 Å². The largest absolute Gasteiger partial charge is 0.493 e. The summed E-state index contributed by atoms with van der Waals surface area (Å²) in [6.45, 7) is 2.16. The average molecular weight is 261 g/mol. The molecule has 0 radical (unpaired) electrons. The summed E-state index contributed by atoms with van der Waals surface area (Å²) < 4.78 is 5.69. The summed E-state index contributed by atoms with van der Waals surface area (Å²) in [6, 6.07) is 8.72. The first-order valence-electron chi connectivity index (χ1n) is 7.44. The molecule has 104 valence electrons. The number of aliphatic hydroxyl groups is 1. The summed E-state index contributed by atoms with van der Waals surface area (Å²) in [5.74, 6) is 2.17. The summed E-state index contributed by atoms with van der Waals surface area (Å²) in [4.78, 5) is 0. The van der Waals surface area contributed by atoms with Gasteiger partial charge in [-0.1, -0.05) is 24.6 Å². The third-order valence-electron chi connectivity index (χ3n) is 4.64. The van der Waals surface area contributed by atoms with Crippen molar-refractivity contribution in [1.82, 2.24) is 5.32 Å². The molecule has 3 unspecified atom stereocenters. The summed E-state index contributed by atoms with van der Waals surface area (Å²) >= 11 is 0. The smallest absolute Gasteiger partial charge is 0.124 e. The lowest BCUT2D eigenvalue weighted by Crippen LogP contribution is -2.32. The molecule has 3 heteroatoms. The predicted molar refractivity (Wildman–Crippen MR) is 75.2 cm³/mol. The number of benzene rings is 1. The Kier molecular flexibility index (Phi) is 4.04. The predicted octanol–water partition coefficient (Wildman–Crippen LogP) is 2.51. The molecule has 2 N–H and O–H groups in total. The van der Waals surface area contributed by atoms with E-state index in [9.17, 15) is 5.11 Å². The SMILES string of the molecule is OCC1CCCC1CNC1CCOc2ccccc21. The highest BCUT2D eigenvalue weighted by Crippen LogP contribution is 2.34. The van der Waals surface area contributed by atoms with Gasteiger partial charge in [0.2, 0.25) is 0 Å². The monoisotopic (exact) mass is 261 g/mol. The van der Waals surface area contributed by atoms with E-state index in [2.05, 4.69) is 23.5 Å². The molecule has 0 aromatic heterocycles. The van der Waals surface area contributed by atoms with Gasteiger partial charge in [-0.2, -0.15) is 0 Å². The van der Waals surface area contributed by atoms with Crippen LogP contribution in [0.1, 0.15) is 37.3 Å². The zero-order valence-corrected chi connectivity index (χ0v) is 11.3. The van der Waals surface area contributed by atoms with Crippen LogP contribution in [-0.4, -0.2) is 24.9 Å². The fourth-order valence-electron chi connectivity index (χ4n) is 3.47. The van der Waals surface area contributed by atoms with E-state index in [4.69, 9.17) is 4.74 Å². The van der Waals surface area contributed by atoms with Crippen molar-refractivity contribution in [3.05, 3.63) is 29.8 Å². The van der Waals surface area contributed by atoms with Crippen LogP contribution in [0, 0.1) is 11.8 Å². The van der Waals surface area contributed by atoms with Gasteiger partial charge in [-0.25, -0.2) is 0 Å². The summed E-state index contributed by atoms with van der Waals surface area (Å²) in [6.07, 6.45) is 4.74. The normalized spacial score (nSPS) is 29.8. The second-order valence-corrected chi connectivity index (χ2v) is 5.77. The van der Waals surface area contributed by atoms with Crippen LogP contribution in [0.2, 0.25) is 0 Å². The van der Waals surface area contributed by atoms with Crippen LogP contribution in [0.25, 0.3) is 0 Å². The van der Waals surface area contributed by atoms with Crippen molar-refractivity contribution in [3.8, 4) is 5.75 Å². The van der Waals surface area contributed by atoms with Gasteiger partial charge in [0.1, 0.15) is 5.75 Å². The van der Waals surface area contributed by atoms with E-state index in [1.807, 2.05) is 6.07 Å². The Hall–Kier alpha value is -1.06. The number of fused-ring (bicyclic) bond motifs is 1. The fourth-order valence-corrected chi connectivity index (χ4v) is 3.47. The molecule has 3 atom stereocenters. The van der Waals surface area contributed by atoms with Crippen molar-refractivity contribution >= 4 is 0 Å². The number of aliphatic hydroxyl groups excluding tert-OH is 1. The van der Waals surface area contributed by atoms with Crippen LogP contribution in [0.5, 0.6) is 5.75 Å². The Bertz CT molecular complexity index is 421. The second-order valence-electron chi connectivity index (χ2n) is 5.77. The van der Waals surface area contributed by atoms with Crippen molar-refractivity contribution in [2.45, 2.75) is 31.7 Å². The third kappa shape index (κ3) is 2.77. The Morgan fingerprint density at radius 1 is 1.16 bits per heavy atom.